The summed E-state index contributed by atoms with van der Waals surface area (Å²) < 4.78 is 4.94. The van der Waals surface area contributed by atoms with Gasteiger partial charge in [0.05, 0.1) is 12.2 Å². The molecule has 19 heavy (non-hydrogen) atoms. The molecule has 0 aliphatic heterocycles. The van der Waals surface area contributed by atoms with E-state index in [1.165, 1.54) is 6.26 Å². The first kappa shape index (κ1) is 13.2. The van der Waals surface area contributed by atoms with Gasteiger partial charge < -0.3 is 9.25 Å². The molecule has 1 saturated carbocycles. The number of hydrogen-bond donors (Lipinski definition) is 1. The van der Waals surface area contributed by atoms with Crippen molar-refractivity contribution < 1.29 is 18.8 Å². The van der Waals surface area contributed by atoms with E-state index >= 15 is 0 Å². The third-order valence-electron chi connectivity index (χ3n) is 3.00. The number of hydrogen-bond acceptors (Lipinski definition) is 4. The number of nitrogens with one attached hydrogen (secondary N) is 1. The number of rotatable bonds is 1. The van der Waals surface area contributed by atoms with Gasteiger partial charge in [0.2, 0.25) is 0 Å². The van der Waals surface area contributed by atoms with Crippen molar-refractivity contribution in [2.24, 2.45) is 5.92 Å². The Kier molecular flexibility index (Phi) is 4.62. The van der Waals surface area contributed by atoms with Gasteiger partial charge in [0, 0.05) is 5.92 Å². The largest absolute Gasteiger partial charge is 0.456 e. The molecular weight excluding hydrogens is 246 g/mol. The van der Waals surface area contributed by atoms with Gasteiger partial charge in [-0.3, -0.25) is 4.79 Å². The lowest BCUT2D eigenvalue weighted by Crippen LogP contribution is -2.30. The summed E-state index contributed by atoms with van der Waals surface area (Å²) in [6, 6.07) is 3.30. The van der Waals surface area contributed by atoms with E-state index in [1.54, 1.807) is 12.1 Å². The number of furan rings is 1. The van der Waals surface area contributed by atoms with Crippen molar-refractivity contribution in [3.63, 3.8) is 0 Å². The number of carbonyl (C=O) groups is 2. The van der Waals surface area contributed by atoms with Gasteiger partial charge in [0.1, 0.15) is 0 Å². The maximum absolute atomic E-state index is 11.6. The molecule has 1 fully saturated rings. The van der Waals surface area contributed by atoms with Gasteiger partial charge in [-0.05, 0) is 30.9 Å². The minimum absolute atomic E-state index is 0.105. The van der Waals surface area contributed by atoms with E-state index in [2.05, 4.69) is 11.8 Å². The third-order valence-corrected chi connectivity index (χ3v) is 3.00. The van der Waals surface area contributed by atoms with Crippen molar-refractivity contribution in [3.05, 3.63) is 24.2 Å². The van der Waals surface area contributed by atoms with Crippen LogP contribution < -0.4 is 5.48 Å². The quantitative estimate of drug-likeness (QED) is 0.618. The summed E-state index contributed by atoms with van der Waals surface area (Å²) in [4.78, 5) is 27.7. The Hall–Kier alpha value is -2.22. The Balaban J connectivity index is 1.75. The van der Waals surface area contributed by atoms with Crippen molar-refractivity contribution in [1.29, 1.82) is 0 Å². The molecule has 5 nitrogen and oxygen atoms in total. The van der Waals surface area contributed by atoms with Crippen LogP contribution in [0.25, 0.3) is 0 Å². The van der Waals surface area contributed by atoms with Crippen LogP contribution in [0.4, 0.5) is 0 Å². The molecule has 0 saturated heterocycles. The Morgan fingerprint density at radius 3 is 2.79 bits per heavy atom. The van der Waals surface area contributed by atoms with Crippen molar-refractivity contribution in [2.75, 3.05) is 0 Å². The van der Waals surface area contributed by atoms with E-state index in [9.17, 15) is 9.59 Å². The molecule has 0 bridgehead atoms. The predicted molar refractivity (Wildman–Crippen MR) is 66.4 cm³/mol. The molecular formula is C14H15NO4. The summed E-state index contributed by atoms with van der Waals surface area (Å²) in [7, 11) is 0. The Morgan fingerprint density at radius 2 is 2.11 bits per heavy atom. The summed E-state index contributed by atoms with van der Waals surface area (Å²) in [5.41, 5.74) is 2.04. The second-order valence-electron chi connectivity index (χ2n) is 4.41. The van der Waals surface area contributed by atoms with Gasteiger partial charge in [-0.2, -0.15) is 5.48 Å². The zero-order chi connectivity index (χ0) is 13.5. The average Bonchev–Trinajstić information content (AvgIpc) is 2.96. The number of amides is 1. The second kappa shape index (κ2) is 6.64. The van der Waals surface area contributed by atoms with Crippen LogP contribution in [0.5, 0.6) is 0 Å². The van der Waals surface area contributed by atoms with E-state index in [4.69, 9.17) is 9.25 Å². The molecule has 1 aromatic rings. The maximum Gasteiger partial charge on any atom is 0.335 e. The molecule has 5 heteroatoms. The molecule has 100 valence electrons. The second-order valence-corrected chi connectivity index (χ2v) is 4.41. The Morgan fingerprint density at radius 1 is 1.32 bits per heavy atom. The molecule has 1 aromatic heterocycles. The van der Waals surface area contributed by atoms with Gasteiger partial charge in [-0.1, -0.05) is 19.3 Å². The van der Waals surface area contributed by atoms with E-state index in [0.717, 1.165) is 32.1 Å². The van der Waals surface area contributed by atoms with Gasteiger partial charge in [-0.25, -0.2) is 4.79 Å². The molecule has 0 atom stereocenters. The van der Waals surface area contributed by atoms with Crippen LogP contribution in [-0.4, -0.2) is 11.9 Å². The van der Waals surface area contributed by atoms with E-state index in [-0.39, 0.29) is 11.9 Å². The lowest BCUT2D eigenvalue weighted by atomic mass is 9.89. The SMILES string of the molecule is O=C(C#Cc1ccco1)NOC(=O)C1CCCCC1. The normalized spacial score (nSPS) is 15.2. The van der Waals surface area contributed by atoms with E-state index in [0.29, 0.717) is 5.76 Å². The summed E-state index contributed by atoms with van der Waals surface area (Å²) in [6.45, 7) is 0. The zero-order valence-electron chi connectivity index (χ0n) is 10.5. The molecule has 0 aromatic carbocycles. The maximum atomic E-state index is 11.6. The topological polar surface area (TPSA) is 68.5 Å². The number of hydroxylamine groups is 1. The first-order valence-electron chi connectivity index (χ1n) is 6.32. The highest BCUT2D eigenvalue weighted by Gasteiger charge is 2.23. The van der Waals surface area contributed by atoms with Crippen LogP contribution in [0.3, 0.4) is 0 Å². The molecule has 0 unspecified atom stereocenters. The Bertz CT molecular complexity index is 489. The molecule has 0 radical (unpaired) electrons. The fraction of sp³-hybridized carbons (Fsp3) is 0.429. The third kappa shape index (κ3) is 4.18. The van der Waals surface area contributed by atoms with Crippen molar-refractivity contribution in [1.82, 2.24) is 5.48 Å². The highest BCUT2D eigenvalue weighted by Crippen LogP contribution is 2.24. The van der Waals surface area contributed by atoms with Crippen LogP contribution in [-0.2, 0) is 14.4 Å². The van der Waals surface area contributed by atoms with Crippen molar-refractivity contribution >= 4 is 11.9 Å². The first-order valence-corrected chi connectivity index (χ1v) is 6.32. The minimum atomic E-state index is -0.666. The summed E-state index contributed by atoms with van der Waals surface area (Å²) >= 11 is 0. The molecule has 1 N–H and O–H groups in total. The predicted octanol–water partition coefficient (Wildman–Crippen LogP) is 1.79. The summed E-state index contributed by atoms with van der Waals surface area (Å²) in [5.74, 6) is 4.01. The van der Waals surface area contributed by atoms with Gasteiger partial charge in [0.25, 0.3) is 0 Å². The van der Waals surface area contributed by atoms with Crippen LogP contribution in [0, 0.1) is 17.8 Å². The molecule has 1 aliphatic carbocycles. The van der Waals surface area contributed by atoms with Crippen LogP contribution in [0.1, 0.15) is 37.9 Å². The summed E-state index contributed by atoms with van der Waals surface area (Å²) in [5, 5.41) is 0. The van der Waals surface area contributed by atoms with Crippen LogP contribution in [0.2, 0.25) is 0 Å². The minimum Gasteiger partial charge on any atom is -0.456 e. The molecule has 1 heterocycles. The van der Waals surface area contributed by atoms with E-state index < -0.39 is 5.91 Å². The summed E-state index contributed by atoms with van der Waals surface area (Å²) in [6.07, 6.45) is 6.34. The fourth-order valence-electron chi connectivity index (χ4n) is 2.01. The van der Waals surface area contributed by atoms with Gasteiger partial charge in [0.15, 0.2) is 5.76 Å². The monoisotopic (exact) mass is 261 g/mol. The van der Waals surface area contributed by atoms with Crippen molar-refractivity contribution in [3.8, 4) is 11.8 Å². The molecule has 1 amide bonds. The van der Waals surface area contributed by atoms with Crippen molar-refractivity contribution in [2.45, 2.75) is 32.1 Å². The van der Waals surface area contributed by atoms with E-state index in [1.807, 2.05) is 5.48 Å². The van der Waals surface area contributed by atoms with Crippen LogP contribution in [0.15, 0.2) is 22.8 Å². The number of carbonyl (C=O) groups excluding carboxylic acids is 2. The average molecular weight is 261 g/mol. The molecule has 1 aliphatic rings. The van der Waals surface area contributed by atoms with Gasteiger partial charge in [-0.15, -0.1) is 0 Å². The first-order chi connectivity index (χ1) is 9.25. The highest BCUT2D eigenvalue weighted by molar-refractivity contribution is 5.94. The molecule has 2 rings (SSSR count). The lowest BCUT2D eigenvalue weighted by Gasteiger charge is -2.18. The Labute approximate surface area is 111 Å². The smallest absolute Gasteiger partial charge is 0.335 e. The standard InChI is InChI=1S/C14H15NO4/c16-13(9-8-12-7-4-10-18-12)15-19-14(17)11-5-2-1-3-6-11/h4,7,10-11H,1-3,5-6H2,(H,15,16). The lowest BCUT2D eigenvalue weighted by molar-refractivity contribution is -0.161. The molecule has 0 spiro atoms. The highest BCUT2D eigenvalue weighted by atomic mass is 16.7. The zero-order valence-corrected chi connectivity index (χ0v) is 10.5. The fourth-order valence-corrected chi connectivity index (χ4v) is 2.01. The van der Waals surface area contributed by atoms with Gasteiger partial charge >= 0.3 is 11.9 Å². The van der Waals surface area contributed by atoms with Crippen LogP contribution >= 0.6 is 0 Å².